The van der Waals surface area contributed by atoms with Crippen molar-refractivity contribution in [3.63, 3.8) is 0 Å². The van der Waals surface area contributed by atoms with Crippen LogP contribution in [-0.2, 0) is 20.8 Å². The average Bonchev–Trinajstić information content (AvgIpc) is 3.54. The number of alkyl halides is 3. The molecule has 2 aliphatic rings. The number of carboxylic acids is 1. The summed E-state index contributed by atoms with van der Waals surface area (Å²) in [7, 11) is 4.11. The molecule has 43 heavy (non-hydrogen) atoms. The Morgan fingerprint density at radius 3 is 2.44 bits per heavy atom. The zero-order valence-corrected chi connectivity index (χ0v) is 25.2. The van der Waals surface area contributed by atoms with E-state index in [1.807, 2.05) is 61.3 Å². The number of fused-ring (bicyclic) bond motifs is 2. The second kappa shape index (κ2) is 12.6. The Morgan fingerprint density at radius 2 is 1.84 bits per heavy atom. The Labute approximate surface area is 253 Å². The summed E-state index contributed by atoms with van der Waals surface area (Å²) in [5.74, 6) is -2.81. The molecular formula is C31H36ClF3N4O4. The molecule has 3 aromatic rings. The van der Waals surface area contributed by atoms with Gasteiger partial charge < -0.3 is 25.2 Å². The monoisotopic (exact) mass is 620 g/mol. The molecule has 1 fully saturated rings. The van der Waals surface area contributed by atoms with Gasteiger partial charge >= 0.3 is 12.1 Å². The Morgan fingerprint density at radius 1 is 1.19 bits per heavy atom. The fourth-order valence-corrected chi connectivity index (χ4v) is 5.70. The molecule has 2 unspecified atom stereocenters. The molecule has 0 radical (unpaired) electrons. The zero-order valence-electron chi connectivity index (χ0n) is 24.5. The second-order valence-corrected chi connectivity index (χ2v) is 12.4. The summed E-state index contributed by atoms with van der Waals surface area (Å²) in [5, 5.41) is 12.1. The normalized spacial score (nSPS) is 18.7. The van der Waals surface area contributed by atoms with Crippen LogP contribution in [0.15, 0.2) is 48.7 Å². The highest BCUT2D eigenvalue weighted by Crippen LogP contribution is 2.45. The number of nitrogens with one attached hydrogen (secondary N) is 2. The van der Waals surface area contributed by atoms with Crippen LogP contribution in [0.5, 0.6) is 0 Å². The molecule has 1 aliphatic carbocycles. The van der Waals surface area contributed by atoms with Crippen molar-refractivity contribution in [3.8, 4) is 0 Å². The maximum Gasteiger partial charge on any atom is 0.490 e. The van der Waals surface area contributed by atoms with E-state index in [1.54, 1.807) is 0 Å². The van der Waals surface area contributed by atoms with Crippen LogP contribution < -0.4 is 10.2 Å². The third-order valence-corrected chi connectivity index (χ3v) is 8.36. The Bertz CT molecular complexity index is 1500. The lowest BCUT2D eigenvalue weighted by Crippen LogP contribution is -2.55. The molecule has 232 valence electrons. The Balaban J connectivity index is 0.000000541. The lowest BCUT2D eigenvalue weighted by atomic mass is 9.88. The molecule has 1 saturated carbocycles. The predicted molar refractivity (Wildman–Crippen MR) is 159 cm³/mol. The van der Waals surface area contributed by atoms with Crippen LogP contribution in [0, 0.1) is 11.3 Å². The quantitative estimate of drug-likeness (QED) is 0.318. The number of rotatable bonds is 7. The van der Waals surface area contributed by atoms with Crippen molar-refractivity contribution >= 4 is 46.0 Å². The fourth-order valence-electron chi connectivity index (χ4n) is 5.51. The summed E-state index contributed by atoms with van der Waals surface area (Å²) >= 11 is 6.35. The molecule has 1 aromatic heterocycles. The number of halogens is 4. The number of hydrogen-bond acceptors (Lipinski definition) is 4. The number of hydrogen-bond donors (Lipinski definition) is 3. The van der Waals surface area contributed by atoms with Gasteiger partial charge in [-0.05, 0) is 74.7 Å². The number of amides is 2. The van der Waals surface area contributed by atoms with Crippen LogP contribution in [0.3, 0.4) is 0 Å². The van der Waals surface area contributed by atoms with E-state index in [0.29, 0.717) is 11.6 Å². The molecular weight excluding hydrogens is 585 g/mol. The Hall–Kier alpha value is -3.57. The molecule has 0 saturated heterocycles. The number of carbonyl (C=O) groups is 3. The van der Waals surface area contributed by atoms with E-state index in [9.17, 15) is 22.8 Å². The van der Waals surface area contributed by atoms with E-state index in [2.05, 4.69) is 35.4 Å². The van der Waals surface area contributed by atoms with E-state index in [0.717, 1.165) is 53.5 Å². The minimum absolute atomic E-state index is 0.0364. The van der Waals surface area contributed by atoms with Crippen molar-refractivity contribution in [2.75, 3.05) is 32.1 Å². The number of benzene rings is 2. The van der Waals surface area contributed by atoms with Gasteiger partial charge in [-0.2, -0.15) is 13.2 Å². The fraction of sp³-hybridized carbons (Fsp3) is 0.452. The van der Waals surface area contributed by atoms with E-state index in [1.165, 1.54) is 0 Å². The van der Waals surface area contributed by atoms with Crippen LogP contribution in [-0.4, -0.2) is 72.2 Å². The second-order valence-electron chi connectivity index (χ2n) is 11.9. The van der Waals surface area contributed by atoms with Gasteiger partial charge in [0.25, 0.3) is 0 Å². The molecule has 12 heteroatoms. The number of nitrogens with zero attached hydrogens (tertiary/aromatic N) is 2. The number of aromatic nitrogens is 1. The molecule has 0 spiro atoms. The van der Waals surface area contributed by atoms with Gasteiger partial charge in [0.1, 0.15) is 6.04 Å². The van der Waals surface area contributed by atoms with Crippen LogP contribution in [0.1, 0.15) is 43.7 Å². The van der Waals surface area contributed by atoms with Crippen molar-refractivity contribution in [1.29, 1.82) is 0 Å². The van der Waals surface area contributed by atoms with Crippen molar-refractivity contribution < 1.29 is 32.7 Å². The van der Waals surface area contributed by atoms with Crippen LogP contribution in [0.25, 0.3) is 10.9 Å². The number of aromatic amines is 1. The summed E-state index contributed by atoms with van der Waals surface area (Å²) in [6.07, 6.45) is -0.529. The molecule has 2 aromatic carbocycles. The predicted octanol–water partition coefficient (Wildman–Crippen LogP) is 5.61. The molecule has 3 atom stereocenters. The van der Waals surface area contributed by atoms with Crippen molar-refractivity contribution in [2.24, 2.45) is 11.3 Å². The first-order valence-corrected chi connectivity index (χ1v) is 14.4. The third-order valence-electron chi connectivity index (χ3n) is 8.13. The third kappa shape index (κ3) is 7.51. The minimum atomic E-state index is -5.08. The largest absolute Gasteiger partial charge is 0.490 e. The van der Waals surface area contributed by atoms with Crippen molar-refractivity contribution in [2.45, 2.75) is 51.2 Å². The van der Waals surface area contributed by atoms with Crippen molar-refractivity contribution in [3.05, 3.63) is 64.8 Å². The number of anilines is 1. The Kier molecular flexibility index (Phi) is 9.46. The average molecular weight is 621 g/mol. The summed E-state index contributed by atoms with van der Waals surface area (Å²) in [5.41, 5.74) is 3.65. The van der Waals surface area contributed by atoms with Gasteiger partial charge in [-0.25, -0.2) is 4.79 Å². The number of H-pyrrole nitrogens is 1. The summed E-state index contributed by atoms with van der Waals surface area (Å²) in [6.45, 7) is 5.49. The van der Waals surface area contributed by atoms with Gasteiger partial charge in [0.05, 0.1) is 0 Å². The maximum absolute atomic E-state index is 14.4. The standard InChI is InChI=1S/C29H35ClN4O2.C2HF3O2/c1-18(23-15-31-24-8-6-5-7-22(23)24)26(32-28(36)29(2)11-12-29)27(35)34-17-19(16-33(3)4)13-20-14-21(30)9-10-25(20)34;3-2(4,5)1(6)7/h5-10,14-15,18-19,26,31H,11-13,16-17H2,1-4H3,(H,32,36);(H,6,7)/t18?,19-,26?;/m1./s1. The number of carbonyl (C=O) groups excluding carboxylic acids is 2. The summed E-state index contributed by atoms with van der Waals surface area (Å²) < 4.78 is 31.7. The molecule has 2 amide bonds. The van der Waals surface area contributed by atoms with E-state index < -0.39 is 18.2 Å². The highest BCUT2D eigenvalue weighted by molar-refractivity contribution is 6.30. The number of aliphatic carboxylic acids is 1. The van der Waals surface area contributed by atoms with Crippen LogP contribution in [0.2, 0.25) is 5.02 Å². The molecule has 2 heterocycles. The molecule has 5 rings (SSSR count). The lowest BCUT2D eigenvalue weighted by molar-refractivity contribution is -0.192. The van der Waals surface area contributed by atoms with E-state index >= 15 is 0 Å². The molecule has 1 aliphatic heterocycles. The minimum Gasteiger partial charge on any atom is -0.475 e. The van der Waals surface area contributed by atoms with Gasteiger partial charge in [-0.3, -0.25) is 9.59 Å². The highest BCUT2D eigenvalue weighted by atomic mass is 35.5. The topological polar surface area (TPSA) is 106 Å². The van der Waals surface area contributed by atoms with Gasteiger partial charge in [-0.15, -0.1) is 0 Å². The number of carboxylic acid groups (broad SMARTS) is 1. The highest BCUT2D eigenvalue weighted by Gasteiger charge is 2.47. The first-order chi connectivity index (χ1) is 20.1. The lowest BCUT2D eigenvalue weighted by Gasteiger charge is -2.39. The van der Waals surface area contributed by atoms with Crippen LogP contribution >= 0.6 is 11.6 Å². The first-order valence-electron chi connectivity index (χ1n) is 14.0. The van der Waals surface area contributed by atoms with Gasteiger partial charge in [0, 0.05) is 52.2 Å². The maximum atomic E-state index is 14.4. The molecule has 0 bridgehead atoms. The van der Waals surface area contributed by atoms with Gasteiger partial charge in [0.2, 0.25) is 11.8 Å². The van der Waals surface area contributed by atoms with Crippen LogP contribution in [0.4, 0.5) is 18.9 Å². The molecule has 3 N–H and O–H groups in total. The molecule has 8 nitrogen and oxygen atoms in total. The number of para-hydroxylation sites is 1. The van der Waals surface area contributed by atoms with E-state index in [-0.39, 0.29) is 29.1 Å². The smallest absolute Gasteiger partial charge is 0.475 e. The summed E-state index contributed by atoms with van der Waals surface area (Å²) in [4.78, 5) is 43.9. The SMILES string of the molecule is CC(c1c[nH]c2ccccc12)C(NC(=O)C1(C)CC1)C(=O)N1C[C@@H](CN(C)C)Cc2cc(Cl)ccc21.O=C(O)C(F)(F)F. The van der Waals surface area contributed by atoms with E-state index in [4.69, 9.17) is 21.5 Å². The van der Waals surface area contributed by atoms with Crippen molar-refractivity contribution in [1.82, 2.24) is 15.2 Å². The summed E-state index contributed by atoms with van der Waals surface area (Å²) in [6, 6.07) is 13.2. The first kappa shape index (κ1) is 32.3. The zero-order chi connectivity index (χ0) is 31.7. The van der Waals surface area contributed by atoms with Gasteiger partial charge in [-0.1, -0.05) is 43.6 Å². The van der Waals surface area contributed by atoms with Gasteiger partial charge in [0.15, 0.2) is 0 Å².